The van der Waals surface area contributed by atoms with Crippen molar-refractivity contribution in [1.82, 2.24) is 15.2 Å². The summed E-state index contributed by atoms with van der Waals surface area (Å²) in [6, 6.07) is 3.46. The van der Waals surface area contributed by atoms with Gasteiger partial charge in [0.15, 0.2) is 6.61 Å². The number of nitrogens with one attached hydrogen (secondary N) is 1. The number of rotatable bonds is 6. The van der Waals surface area contributed by atoms with E-state index in [9.17, 15) is 9.59 Å². The molecule has 1 aromatic heterocycles. The Labute approximate surface area is 129 Å². The Hall–Kier alpha value is -2.15. The van der Waals surface area contributed by atoms with Crippen molar-refractivity contribution in [2.45, 2.75) is 18.4 Å². The number of carbonyl (C=O) groups excluding carboxylic acids is 2. The zero-order valence-electron chi connectivity index (χ0n) is 12.9. The fourth-order valence-corrected chi connectivity index (χ4v) is 2.82. The maximum absolute atomic E-state index is 12.5. The van der Waals surface area contributed by atoms with Crippen LogP contribution in [0.2, 0.25) is 0 Å². The molecule has 1 aromatic rings. The summed E-state index contributed by atoms with van der Waals surface area (Å²) >= 11 is 0. The molecule has 0 aromatic carbocycles. The van der Waals surface area contributed by atoms with E-state index in [1.807, 2.05) is 0 Å². The van der Waals surface area contributed by atoms with Crippen LogP contribution in [0.4, 0.5) is 0 Å². The Morgan fingerprint density at radius 1 is 1.50 bits per heavy atom. The third-order valence-corrected chi connectivity index (χ3v) is 3.82. The van der Waals surface area contributed by atoms with Crippen LogP contribution in [0.3, 0.4) is 0 Å². The molecule has 7 heteroatoms. The number of pyridine rings is 1. The highest BCUT2D eigenvalue weighted by Gasteiger charge is 2.49. The summed E-state index contributed by atoms with van der Waals surface area (Å²) in [6.45, 7) is 0.561. The molecule has 7 nitrogen and oxygen atoms in total. The van der Waals surface area contributed by atoms with Crippen LogP contribution in [0.5, 0.6) is 5.75 Å². The van der Waals surface area contributed by atoms with Crippen LogP contribution < -0.4 is 10.1 Å². The van der Waals surface area contributed by atoms with Crippen molar-refractivity contribution in [2.75, 3.05) is 33.9 Å². The van der Waals surface area contributed by atoms with E-state index in [1.54, 1.807) is 36.5 Å². The molecule has 1 aliphatic rings. The summed E-state index contributed by atoms with van der Waals surface area (Å²) in [5, 5.41) is 2.63. The van der Waals surface area contributed by atoms with E-state index >= 15 is 0 Å². The first-order chi connectivity index (χ1) is 10.6. The Morgan fingerprint density at radius 2 is 2.32 bits per heavy atom. The van der Waals surface area contributed by atoms with Gasteiger partial charge in [0.2, 0.25) is 5.91 Å². The SMILES string of the molecule is CNC(=O)C1(COC)CCCN1C(=O)COc1cccnc1. The number of hydrogen-bond donors (Lipinski definition) is 1. The molecule has 1 atom stereocenters. The quantitative estimate of drug-likeness (QED) is 0.813. The van der Waals surface area contributed by atoms with E-state index in [0.717, 1.165) is 6.42 Å². The average Bonchev–Trinajstić information content (AvgIpc) is 2.98. The van der Waals surface area contributed by atoms with Gasteiger partial charge in [0.25, 0.3) is 5.91 Å². The summed E-state index contributed by atoms with van der Waals surface area (Å²) in [5.41, 5.74) is -0.946. The van der Waals surface area contributed by atoms with Gasteiger partial charge in [0.1, 0.15) is 11.3 Å². The average molecular weight is 307 g/mol. The first kappa shape index (κ1) is 16.2. The van der Waals surface area contributed by atoms with Gasteiger partial charge in [0, 0.05) is 26.9 Å². The highest BCUT2D eigenvalue weighted by molar-refractivity contribution is 5.92. The van der Waals surface area contributed by atoms with Crippen molar-refractivity contribution in [2.24, 2.45) is 0 Å². The summed E-state index contributed by atoms with van der Waals surface area (Å²) < 4.78 is 10.6. The van der Waals surface area contributed by atoms with Crippen LogP contribution in [0, 0.1) is 0 Å². The molecule has 0 bridgehead atoms. The normalized spacial score (nSPS) is 20.7. The van der Waals surface area contributed by atoms with Crippen molar-refractivity contribution in [1.29, 1.82) is 0 Å². The molecular formula is C15H21N3O4. The van der Waals surface area contributed by atoms with Crippen LogP contribution in [0.25, 0.3) is 0 Å². The third kappa shape index (κ3) is 3.19. The molecule has 2 amide bonds. The molecule has 0 saturated carbocycles. The van der Waals surface area contributed by atoms with Gasteiger partial charge in [-0.15, -0.1) is 0 Å². The van der Waals surface area contributed by atoms with Crippen LogP contribution in [-0.4, -0.2) is 61.2 Å². The molecule has 1 unspecified atom stereocenters. The molecule has 22 heavy (non-hydrogen) atoms. The minimum Gasteiger partial charge on any atom is -0.482 e. The predicted molar refractivity (Wildman–Crippen MR) is 79.4 cm³/mol. The lowest BCUT2D eigenvalue weighted by atomic mass is 9.96. The van der Waals surface area contributed by atoms with Crippen molar-refractivity contribution in [3.63, 3.8) is 0 Å². The van der Waals surface area contributed by atoms with Crippen LogP contribution in [0.1, 0.15) is 12.8 Å². The molecule has 1 fully saturated rings. The standard InChI is InChI=1S/C15H21N3O4/c1-16-14(20)15(11-21-2)6-4-8-18(15)13(19)10-22-12-5-3-7-17-9-12/h3,5,7,9H,4,6,8,10-11H2,1-2H3,(H,16,20). The smallest absolute Gasteiger partial charge is 0.261 e. The predicted octanol–water partition coefficient (Wildman–Crippen LogP) is 0.214. The number of aromatic nitrogens is 1. The number of likely N-dealkylation sites (tertiary alicyclic amines) is 1. The second-order valence-electron chi connectivity index (χ2n) is 5.17. The maximum Gasteiger partial charge on any atom is 0.261 e. The van der Waals surface area contributed by atoms with Gasteiger partial charge in [-0.05, 0) is 25.0 Å². The van der Waals surface area contributed by atoms with E-state index < -0.39 is 5.54 Å². The van der Waals surface area contributed by atoms with Crippen LogP contribution in [-0.2, 0) is 14.3 Å². The highest BCUT2D eigenvalue weighted by Crippen LogP contribution is 2.30. The van der Waals surface area contributed by atoms with Crippen molar-refractivity contribution >= 4 is 11.8 Å². The Balaban J connectivity index is 2.07. The Morgan fingerprint density at radius 3 is 2.95 bits per heavy atom. The molecule has 0 spiro atoms. The third-order valence-electron chi connectivity index (χ3n) is 3.82. The summed E-state index contributed by atoms with van der Waals surface area (Å²) in [6.07, 6.45) is 4.51. The highest BCUT2D eigenvalue weighted by atomic mass is 16.5. The maximum atomic E-state index is 12.5. The largest absolute Gasteiger partial charge is 0.482 e. The fraction of sp³-hybridized carbons (Fsp3) is 0.533. The first-order valence-corrected chi connectivity index (χ1v) is 7.18. The molecule has 1 N–H and O–H groups in total. The lowest BCUT2D eigenvalue weighted by Gasteiger charge is -2.36. The zero-order valence-corrected chi connectivity index (χ0v) is 12.9. The summed E-state index contributed by atoms with van der Waals surface area (Å²) in [4.78, 5) is 30.2. The number of nitrogens with zero attached hydrogens (tertiary/aromatic N) is 2. The zero-order chi connectivity index (χ0) is 16.0. The van der Waals surface area contributed by atoms with Gasteiger partial charge in [-0.25, -0.2) is 0 Å². The monoisotopic (exact) mass is 307 g/mol. The van der Waals surface area contributed by atoms with E-state index in [1.165, 1.54) is 7.11 Å². The summed E-state index contributed by atoms with van der Waals surface area (Å²) in [7, 11) is 3.09. The van der Waals surface area contributed by atoms with E-state index in [4.69, 9.17) is 9.47 Å². The molecule has 120 valence electrons. The van der Waals surface area contributed by atoms with Crippen molar-refractivity contribution < 1.29 is 19.1 Å². The van der Waals surface area contributed by atoms with Gasteiger partial charge >= 0.3 is 0 Å². The van der Waals surface area contributed by atoms with Gasteiger partial charge in [-0.2, -0.15) is 0 Å². The molecule has 0 aliphatic carbocycles. The number of amides is 2. The Kier molecular flexibility index (Phi) is 5.32. The van der Waals surface area contributed by atoms with E-state index in [0.29, 0.717) is 18.7 Å². The van der Waals surface area contributed by atoms with Gasteiger partial charge in [0.05, 0.1) is 12.8 Å². The minimum atomic E-state index is -0.946. The second kappa shape index (κ2) is 7.22. The lowest BCUT2D eigenvalue weighted by molar-refractivity contribution is -0.149. The van der Waals surface area contributed by atoms with Gasteiger partial charge < -0.3 is 19.7 Å². The summed E-state index contributed by atoms with van der Waals surface area (Å²) in [5.74, 6) is 0.0795. The first-order valence-electron chi connectivity index (χ1n) is 7.18. The van der Waals surface area contributed by atoms with Crippen LogP contribution >= 0.6 is 0 Å². The topological polar surface area (TPSA) is 80.8 Å². The fourth-order valence-electron chi connectivity index (χ4n) is 2.82. The number of hydrogen-bond acceptors (Lipinski definition) is 5. The molecule has 2 rings (SSSR count). The Bertz CT molecular complexity index is 523. The number of methoxy groups -OCH3 is 1. The van der Waals surface area contributed by atoms with Crippen LogP contribution in [0.15, 0.2) is 24.5 Å². The van der Waals surface area contributed by atoms with Gasteiger partial charge in [-0.1, -0.05) is 0 Å². The molecule has 1 aliphatic heterocycles. The van der Waals surface area contributed by atoms with Crippen molar-refractivity contribution in [3.05, 3.63) is 24.5 Å². The lowest BCUT2D eigenvalue weighted by Crippen LogP contribution is -2.60. The van der Waals surface area contributed by atoms with E-state index in [2.05, 4.69) is 10.3 Å². The minimum absolute atomic E-state index is 0.131. The van der Waals surface area contributed by atoms with Crippen molar-refractivity contribution in [3.8, 4) is 5.75 Å². The number of carbonyl (C=O) groups is 2. The van der Waals surface area contributed by atoms with E-state index in [-0.39, 0.29) is 25.0 Å². The molecule has 1 saturated heterocycles. The second-order valence-corrected chi connectivity index (χ2v) is 5.17. The molecular weight excluding hydrogens is 286 g/mol. The van der Waals surface area contributed by atoms with Gasteiger partial charge in [-0.3, -0.25) is 14.6 Å². The molecule has 2 heterocycles. The number of ether oxygens (including phenoxy) is 2. The molecule has 0 radical (unpaired) electrons. The number of likely N-dealkylation sites (N-methyl/N-ethyl adjacent to an activating group) is 1.